The number of carboxylic acids is 1. The van der Waals surface area contributed by atoms with Crippen molar-refractivity contribution in [3.63, 3.8) is 0 Å². The highest BCUT2D eigenvalue weighted by molar-refractivity contribution is 5.76. The molecular formula is C27H36F2O3. The van der Waals surface area contributed by atoms with Crippen LogP contribution in [0.25, 0.3) is 0 Å². The molecule has 0 radical (unpaired) electrons. The van der Waals surface area contributed by atoms with Crippen molar-refractivity contribution >= 4 is 5.97 Å². The van der Waals surface area contributed by atoms with E-state index in [4.69, 9.17) is 4.74 Å². The third-order valence-electron chi connectivity index (χ3n) is 7.38. The lowest BCUT2D eigenvalue weighted by Gasteiger charge is -2.44. The molecular weight excluding hydrogens is 410 g/mol. The van der Waals surface area contributed by atoms with Crippen LogP contribution in [-0.2, 0) is 14.9 Å². The van der Waals surface area contributed by atoms with Crippen molar-refractivity contribution in [2.45, 2.75) is 77.2 Å². The molecule has 0 aromatic heterocycles. The van der Waals surface area contributed by atoms with E-state index in [1.54, 1.807) is 6.08 Å². The average molecular weight is 447 g/mol. The van der Waals surface area contributed by atoms with Crippen LogP contribution >= 0.6 is 0 Å². The Morgan fingerprint density at radius 1 is 1.19 bits per heavy atom. The molecule has 0 bridgehead atoms. The van der Waals surface area contributed by atoms with Crippen LogP contribution in [0.5, 0.6) is 0 Å². The minimum absolute atomic E-state index is 0.132. The van der Waals surface area contributed by atoms with Gasteiger partial charge in [-0.2, -0.15) is 0 Å². The van der Waals surface area contributed by atoms with Crippen LogP contribution in [0.2, 0.25) is 0 Å². The zero-order valence-electron chi connectivity index (χ0n) is 19.4. The molecule has 0 aliphatic heterocycles. The molecule has 1 aromatic rings. The third-order valence-corrected chi connectivity index (χ3v) is 7.38. The molecule has 2 aliphatic carbocycles. The first-order valence-corrected chi connectivity index (χ1v) is 12.1. The molecule has 5 heteroatoms. The summed E-state index contributed by atoms with van der Waals surface area (Å²) in [6, 6.07) is 7.49. The van der Waals surface area contributed by atoms with Crippen molar-refractivity contribution in [2.24, 2.45) is 17.8 Å². The number of unbranched alkanes of at least 4 members (excludes halogenated alkanes) is 1. The Labute approximate surface area is 190 Å². The first-order valence-electron chi connectivity index (χ1n) is 12.1. The maximum atomic E-state index is 16.1. The highest BCUT2D eigenvalue weighted by Gasteiger charge is 2.50. The quantitative estimate of drug-likeness (QED) is 0.401. The van der Waals surface area contributed by atoms with Gasteiger partial charge >= 0.3 is 5.97 Å². The molecule has 0 heterocycles. The summed E-state index contributed by atoms with van der Waals surface area (Å²) in [6.07, 6.45) is 9.77. The summed E-state index contributed by atoms with van der Waals surface area (Å²) in [6.45, 7) is 6.52. The van der Waals surface area contributed by atoms with Gasteiger partial charge in [-0.25, -0.2) is 8.78 Å². The van der Waals surface area contributed by atoms with Gasteiger partial charge in [0, 0.05) is 6.61 Å². The van der Waals surface area contributed by atoms with Crippen molar-refractivity contribution < 1.29 is 23.4 Å². The van der Waals surface area contributed by atoms with Gasteiger partial charge in [-0.15, -0.1) is 0 Å². The molecule has 2 aliphatic rings. The van der Waals surface area contributed by atoms with Gasteiger partial charge in [0.15, 0.2) is 5.83 Å². The lowest BCUT2D eigenvalue weighted by molar-refractivity contribution is -0.139. The lowest BCUT2D eigenvalue weighted by atomic mass is 9.59. The van der Waals surface area contributed by atoms with Crippen molar-refractivity contribution in [3.8, 4) is 0 Å². The Balaban J connectivity index is 2.08. The Kier molecular flexibility index (Phi) is 8.26. The predicted octanol–water partition coefficient (Wildman–Crippen LogP) is 7.44. The molecule has 3 atom stereocenters. The van der Waals surface area contributed by atoms with E-state index in [2.05, 4.69) is 6.92 Å². The number of carboxylic acid groups (broad SMARTS) is 1. The number of carbonyl (C=O) groups is 1. The standard InChI is InChI=1S/C27H36F2O3/c1-4-6-9-19-12-14-20(15-13-19)27(17-16-22(26(30)31)24(28)25(27)29)23-11-8-7-10-21(23)18(3)32-5-2/h7-8,10-11,16-20,22H,4-6,9,12-15H2,1-3H3,(H,30,31)/t18?,19-,20-,22?,27?. The summed E-state index contributed by atoms with van der Waals surface area (Å²) in [7, 11) is 0. The normalized spacial score (nSPS) is 29.2. The smallest absolute Gasteiger partial charge is 0.317 e. The molecule has 176 valence electrons. The van der Waals surface area contributed by atoms with Gasteiger partial charge in [-0.3, -0.25) is 4.79 Å². The maximum absolute atomic E-state index is 16.1. The Morgan fingerprint density at radius 3 is 2.50 bits per heavy atom. The fourth-order valence-corrected chi connectivity index (χ4v) is 5.64. The number of hydrogen-bond donors (Lipinski definition) is 1. The minimum Gasteiger partial charge on any atom is -0.480 e. The number of halogens is 2. The first kappa shape index (κ1) is 24.6. The second kappa shape index (κ2) is 10.7. The molecule has 3 rings (SSSR count). The summed E-state index contributed by atoms with van der Waals surface area (Å²) >= 11 is 0. The number of rotatable bonds is 9. The zero-order valence-corrected chi connectivity index (χ0v) is 19.4. The average Bonchev–Trinajstić information content (AvgIpc) is 2.80. The van der Waals surface area contributed by atoms with E-state index in [1.807, 2.05) is 38.1 Å². The summed E-state index contributed by atoms with van der Waals surface area (Å²) < 4.78 is 37.1. The van der Waals surface area contributed by atoms with E-state index in [9.17, 15) is 9.90 Å². The lowest BCUT2D eigenvalue weighted by Crippen LogP contribution is -2.41. The summed E-state index contributed by atoms with van der Waals surface area (Å²) in [4.78, 5) is 11.5. The molecule has 1 N–H and O–H groups in total. The predicted molar refractivity (Wildman–Crippen MR) is 123 cm³/mol. The van der Waals surface area contributed by atoms with Crippen molar-refractivity contribution in [1.29, 1.82) is 0 Å². The van der Waals surface area contributed by atoms with Gasteiger partial charge < -0.3 is 9.84 Å². The highest BCUT2D eigenvalue weighted by Crippen LogP contribution is 2.54. The van der Waals surface area contributed by atoms with Crippen LogP contribution in [0.4, 0.5) is 8.78 Å². The largest absolute Gasteiger partial charge is 0.480 e. The van der Waals surface area contributed by atoms with E-state index in [0.29, 0.717) is 18.1 Å². The monoisotopic (exact) mass is 446 g/mol. The van der Waals surface area contributed by atoms with Gasteiger partial charge in [-0.1, -0.05) is 75.4 Å². The van der Waals surface area contributed by atoms with Crippen molar-refractivity contribution in [2.75, 3.05) is 6.61 Å². The minimum atomic E-state index is -1.57. The van der Waals surface area contributed by atoms with Crippen LogP contribution in [0.1, 0.15) is 82.9 Å². The number of benzene rings is 1. The van der Waals surface area contributed by atoms with Gasteiger partial charge in [0.25, 0.3) is 0 Å². The zero-order chi connectivity index (χ0) is 23.3. The molecule has 3 unspecified atom stereocenters. The van der Waals surface area contributed by atoms with Crippen LogP contribution in [0.15, 0.2) is 48.1 Å². The second-order valence-corrected chi connectivity index (χ2v) is 9.25. The van der Waals surface area contributed by atoms with E-state index >= 15 is 8.78 Å². The van der Waals surface area contributed by atoms with Crippen LogP contribution in [0.3, 0.4) is 0 Å². The van der Waals surface area contributed by atoms with Crippen LogP contribution < -0.4 is 0 Å². The fraction of sp³-hybridized carbons (Fsp3) is 0.593. The number of hydrogen-bond acceptors (Lipinski definition) is 2. The molecule has 1 saturated carbocycles. The Bertz CT molecular complexity index is 854. The topological polar surface area (TPSA) is 46.5 Å². The van der Waals surface area contributed by atoms with Crippen LogP contribution in [0, 0.1) is 17.8 Å². The molecule has 1 aromatic carbocycles. The summed E-state index contributed by atoms with van der Waals surface area (Å²) in [5, 5.41) is 9.40. The SMILES string of the molecule is CCCC[C@H]1CC[C@H](C2(c3ccccc3C(C)OCC)C=CC(C(=O)O)C(F)=C2F)CC1. The fourth-order valence-electron chi connectivity index (χ4n) is 5.64. The molecule has 0 spiro atoms. The molecule has 3 nitrogen and oxygen atoms in total. The number of aliphatic carboxylic acids is 1. The van der Waals surface area contributed by atoms with Gasteiger partial charge in [0.05, 0.1) is 11.5 Å². The van der Waals surface area contributed by atoms with Gasteiger partial charge in [-0.05, 0) is 49.7 Å². The maximum Gasteiger partial charge on any atom is 0.317 e. The van der Waals surface area contributed by atoms with Crippen molar-refractivity contribution in [3.05, 3.63) is 59.2 Å². The van der Waals surface area contributed by atoms with E-state index in [0.717, 1.165) is 37.7 Å². The molecule has 1 fully saturated rings. The van der Waals surface area contributed by atoms with Gasteiger partial charge in [0.2, 0.25) is 0 Å². The third kappa shape index (κ3) is 4.68. The van der Waals surface area contributed by atoms with E-state index < -0.39 is 29.0 Å². The van der Waals surface area contributed by atoms with E-state index in [1.165, 1.54) is 18.9 Å². The molecule has 0 amide bonds. The first-order chi connectivity index (χ1) is 15.4. The van der Waals surface area contributed by atoms with E-state index in [-0.39, 0.29) is 12.0 Å². The number of allylic oxidation sites excluding steroid dienone is 2. The highest BCUT2D eigenvalue weighted by atomic mass is 19.2. The molecule has 32 heavy (non-hydrogen) atoms. The van der Waals surface area contributed by atoms with Gasteiger partial charge in [0.1, 0.15) is 11.7 Å². The summed E-state index contributed by atoms with van der Waals surface area (Å²) in [5.41, 5.74) is 0.211. The van der Waals surface area contributed by atoms with Crippen LogP contribution in [-0.4, -0.2) is 17.7 Å². The summed E-state index contributed by atoms with van der Waals surface area (Å²) in [5.74, 6) is -4.57. The second-order valence-electron chi connectivity index (χ2n) is 9.25. The number of ether oxygens (including phenoxy) is 1. The molecule has 0 saturated heterocycles. The Morgan fingerprint density at radius 2 is 1.88 bits per heavy atom. The van der Waals surface area contributed by atoms with Crippen molar-refractivity contribution in [1.82, 2.24) is 0 Å². The Hall–Kier alpha value is -2.01.